The van der Waals surface area contributed by atoms with E-state index in [4.69, 9.17) is 9.97 Å². The van der Waals surface area contributed by atoms with E-state index < -0.39 is 0 Å². The van der Waals surface area contributed by atoms with Gasteiger partial charge in [0.15, 0.2) is 0 Å². The van der Waals surface area contributed by atoms with Crippen LogP contribution < -0.4 is 0 Å². The van der Waals surface area contributed by atoms with Gasteiger partial charge in [-0.25, -0.2) is 9.97 Å². The molecule has 0 aromatic carbocycles. The fourth-order valence-corrected chi connectivity index (χ4v) is 8.25. The lowest BCUT2D eigenvalue weighted by molar-refractivity contribution is 0.155. The molecule has 3 fully saturated rings. The van der Waals surface area contributed by atoms with Crippen molar-refractivity contribution in [3.63, 3.8) is 0 Å². The van der Waals surface area contributed by atoms with Gasteiger partial charge in [-0.15, -0.1) is 0 Å². The van der Waals surface area contributed by atoms with Crippen molar-refractivity contribution in [2.75, 3.05) is 0 Å². The van der Waals surface area contributed by atoms with Crippen LogP contribution in [-0.4, -0.2) is 9.97 Å². The van der Waals surface area contributed by atoms with Crippen molar-refractivity contribution < 1.29 is 0 Å². The van der Waals surface area contributed by atoms with Gasteiger partial charge in [-0.1, -0.05) is 97.3 Å². The van der Waals surface area contributed by atoms with Crippen LogP contribution in [0.5, 0.6) is 0 Å². The predicted octanol–water partition coefficient (Wildman–Crippen LogP) is 11.2. The highest BCUT2D eigenvalue weighted by molar-refractivity contribution is 5.14. The van der Waals surface area contributed by atoms with Crippen LogP contribution in [0.25, 0.3) is 0 Å². The Bertz CT molecular complexity index is 703. The second-order valence-electron chi connectivity index (χ2n) is 13.5. The Morgan fingerprint density at radius 1 is 0.514 bits per heavy atom. The van der Waals surface area contributed by atoms with Gasteiger partial charge >= 0.3 is 0 Å². The molecule has 2 nitrogen and oxygen atoms in total. The van der Waals surface area contributed by atoms with E-state index >= 15 is 0 Å². The summed E-state index contributed by atoms with van der Waals surface area (Å²) >= 11 is 0. The molecule has 0 unspecified atom stereocenters. The molecule has 1 aromatic rings. The zero-order valence-corrected chi connectivity index (χ0v) is 24.8. The molecule has 4 rings (SSSR count). The van der Waals surface area contributed by atoms with Crippen molar-refractivity contribution in [2.45, 2.75) is 173 Å². The van der Waals surface area contributed by atoms with E-state index in [1.165, 1.54) is 153 Å². The molecule has 0 N–H and O–H groups in total. The van der Waals surface area contributed by atoms with Gasteiger partial charge in [0.2, 0.25) is 0 Å². The van der Waals surface area contributed by atoms with E-state index in [9.17, 15) is 0 Å². The number of unbranched alkanes of at least 4 members (excludes halogenated alkanes) is 7. The lowest BCUT2D eigenvalue weighted by atomic mass is 9.68. The molecule has 0 amide bonds. The number of hydrogen-bond donors (Lipinski definition) is 0. The third-order valence-corrected chi connectivity index (χ3v) is 10.9. The minimum Gasteiger partial charge on any atom is -0.241 e. The molecule has 37 heavy (non-hydrogen) atoms. The van der Waals surface area contributed by atoms with Gasteiger partial charge < -0.3 is 0 Å². The highest BCUT2D eigenvalue weighted by Gasteiger charge is 2.31. The lowest BCUT2D eigenvalue weighted by Gasteiger charge is -2.38. The van der Waals surface area contributed by atoms with Crippen molar-refractivity contribution >= 4 is 0 Å². The molecule has 0 atom stereocenters. The molecule has 3 aliphatic carbocycles. The van der Waals surface area contributed by atoms with Crippen LogP contribution in [0.1, 0.15) is 185 Å². The molecule has 0 saturated heterocycles. The largest absolute Gasteiger partial charge is 0.241 e. The normalized spacial score (nSPS) is 30.9. The monoisotopic (exact) mass is 508 g/mol. The summed E-state index contributed by atoms with van der Waals surface area (Å²) in [5.74, 6) is 6.50. The fourth-order valence-electron chi connectivity index (χ4n) is 8.25. The van der Waals surface area contributed by atoms with E-state index in [0.29, 0.717) is 11.8 Å². The first-order chi connectivity index (χ1) is 18.3. The molecule has 3 saturated carbocycles. The molecule has 0 spiro atoms. The molecular formula is C35H60N2. The quantitative estimate of drug-likeness (QED) is 0.233. The minimum absolute atomic E-state index is 0.614. The summed E-state index contributed by atoms with van der Waals surface area (Å²) < 4.78 is 0. The molecule has 1 aromatic heterocycles. The zero-order valence-electron chi connectivity index (χ0n) is 24.8. The predicted molar refractivity (Wildman–Crippen MR) is 159 cm³/mol. The van der Waals surface area contributed by atoms with Crippen LogP contribution in [0.2, 0.25) is 0 Å². The van der Waals surface area contributed by atoms with E-state index in [0.717, 1.165) is 29.5 Å². The highest BCUT2D eigenvalue weighted by Crippen LogP contribution is 2.44. The van der Waals surface area contributed by atoms with E-state index in [-0.39, 0.29) is 0 Å². The molecule has 2 heteroatoms. The molecule has 0 bridgehead atoms. The highest BCUT2D eigenvalue weighted by atomic mass is 14.9. The fraction of sp³-hybridized carbons (Fsp3) is 0.886. The van der Waals surface area contributed by atoms with E-state index in [1.54, 1.807) is 0 Å². The summed E-state index contributed by atoms with van der Waals surface area (Å²) in [6.07, 6.45) is 37.4. The maximum Gasteiger partial charge on any atom is 0.131 e. The Morgan fingerprint density at radius 2 is 0.946 bits per heavy atom. The smallest absolute Gasteiger partial charge is 0.131 e. The number of rotatable bonds is 14. The van der Waals surface area contributed by atoms with Crippen molar-refractivity contribution in [3.8, 4) is 0 Å². The Balaban J connectivity index is 1.11. The Kier molecular flexibility index (Phi) is 12.8. The van der Waals surface area contributed by atoms with E-state index in [2.05, 4.69) is 26.2 Å². The Morgan fingerprint density at radius 3 is 1.54 bits per heavy atom. The number of nitrogens with zero attached hydrogens (tertiary/aromatic N) is 2. The summed E-state index contributed by atoms with van der Waals surface area (Å²) in [6.45, 7) is 4.63. The van der Waals surface area contributed by atoms with E-state index in [1.807, 2.05) is 0 Å². The van der Waals surface area contributed by atoms with Crippen LogP contribution in [0.3, 0.4) is 0 Å². The molecular weight excluding hydrogens is 448 g/mol. The lowest BCUT2D eigenvalue weighted by Crippen LogP contribution is -2.25. The Hall–Kier alpha value is -0.920. The third-order valence-electron chi connectivity index (χ3n) is 10.9. The third kappa shape index (κ3) is 9.35. The van der Waals surface area contributed by atoms with Crippen molar-refractivity contribution in [1.29, 1.82) is 0 Å². The number of hydrogen-bond acceptors (Lipinski definition) is 2. The van der Waals surface area contributed by atoms with Crippen LogP contribution in [0, 0.1) is 23.7 Å². The summed E-state index contributed by atoms with van der Waals surface area (Å²) in [7, 11) is 0. The summed E-state index contributed by atoms with van der Waals surface area (Å²) in [6, 6.07) is 0. The van der Waals surface area contributed by atoms with Crippen molar-refractivity contribution in [3.05, 3.63) is 23.8 Å². The van der Waals surface area contributed by atoms with Gasteiger partial charge in [0.1, 0.15) is 5.82 Å². The van der Waals surface area contributed by atoms with Crippen molar-refractivity contribution in [1.82, 2.24) is 9.97 Å². The molecule has 1 heterocycles. The molecule has 0 aliphatic heterocycles. The summed E-state index contributed by atoms with van der Waals surface area (Å²) in [5.41, 5.74) is 1.43. The molecule has 0 radical (unpaired) electrons. The van der Waals surface area contributed by atoms with Crippen LogP contribution in [0.4, 0.5) is 0 Å². The van der Waals surface area contributed by atoms with Crippen LogP contribution in [0.15, 0.2) is 12.4 Å². The number of aromatic nitrogens is 2. The van der Waals surface area contributed by atoms with Gasteiger partial charge in [0.05, 0.1) is 0 Å². The molecule has 3 aliphatic rings. The first kappa shape index (κ1) is 29.1. The average Bonchev–Trinajstić information content (AvgIpc) is 2.96. The first-order valence-corrected chi connectivity index (χ1v) is 17.1. The topological polar surface area (TPSA) is 25.8 Å². The van der Waals surface area contributed by atoms with Gasteiger partial charge in [0.25, 0.3) is 0 Å². The van der Waals surface area contributed by atoms with Crippen LogP contribution >= 0.6 is 0 Å². The zero-order chi connectivity index (χ0) is 25.7. The Labute approximate surface area is 230 Å². The molecule has 210 valence electrons. The second-order valence-corrected chi connectivity index (χ2v) is 13.5. The standard InChI is InChI=1S/C35H60N2/c1-3-5-7-8-9-11-13-29-14-18-30(19-15-29)31-22-24-32(25-23-31)34-26-36-35(37-27-34)33-20-16-28(17-21-33)12-10-6-4-2/h26-33H,3-25H2,1-2H3/t28-,29-,30-,31-,32-,33-. The maximum atomic E-state index is 4.93. The minimum atomic E-state index is 0.614. The summed E-state index contributed by atoms with van der Waals surface area (Å²) in [4.78, 5) is 9.86. The first-order valence-electron chi connectivity index (χ1n) is 17.1. The van der Waals surface area contributed by atoms with Crippen LogP contribution in [-0.2, 0) is 0 Å². The van der Waals surface area contributed by atoms with Gasteiger partial charge in [-0.3, -0.25) is 0 Å². The SMILES string of the molecule is CCCCCCCC[C@H]1CC[C@H]([C@H]2CC[C@H](c3cnc([C@H]4CC[C@H](CCCCC)CC4)nc3)CC2)CC1. The van der Waals surface area contributed by atoms with Crippen molar-refractivity contribution in [2.24, 2.45) is 23.7 Å². The van der Waals surface area contributed by atoms with Gasteiger partial charge in [-0.2, -0.15) is 0 Å². The van der Waals surface area contributed by atoms with Gasteiger partial charge in [-0.05, 0) is 99.4 Å². The van der Waals surface area contributed by atoms with Gasteiger partial charge in [0, 0.05) is 18.3 Å². The average molecular weight is 509 g/mol. The second kappa shape index (κ2) is 16.2. The summed E-state index contributed by atoms with van der Waals surface area (Å²) in [5, 5.41) is 0. The maximum absolute atomic E-state index is 4.93.